The Balaban J connectivity index is 1.60. The van der Waals surface area contributed by atoms with Crippen molar-refractivity contribution in [1.29, 1.82) is 0 Å². The van der Waals surface area contributed by atoms with Crippen molar-refractivity contribution in [3.05, 3.63) is 34.9 Å². The number of benzene rings is 1. The highest BCUT2D eigenvalue weighted by molar-refractivity contribution is 7.11. The number of esters is 1. The number of urea groups is 1. The Kier molecular flexibility index (Phi) is 8.93. The highest BCUT2D eigenvalue weighted by Crippen LogP contribution is 2.32. The molecule has 9 nitrogen and oxygen atoms in total. The third-order valence-electron chi connectivity index (χ3n) is 5.15. The van der Waals surface area contributed by atoms with Gasteiger partial charge in [0.05, 0.1) is 19.8 Å². The fraction of sp³-hybridized carbons (Fsp3) is 0.476. The van der Waals surface area contributed by atoms with E-state index in [1.54, 1.807) is 0 Å². The zero-order valence-corrected chi connectivity index (χ0v) is 19.5. The van der Waals surface area contributed by atoms with Crippen LogP contribution in [0.25, 0.3) is 0 Å². The lowest BCUT2D eigenvalue weighted by molar-refractivity contribution is 0.0596. The molecule has 0 radical (unpaired) electrons. The maximum Gasteiger partial charge on any atom is 0.346 e. The van der Waals surface area contributed by atoms with Crippen LogP contribution in [0.15, 0.2) is 12.1 Å². The second-order valence-electron chi connectivity index (χ2n) is 7.44. The molecule has 2 amide bonds. The van der Waals surface area contributed by atoms with Gasteiger partial charge in [-0.2, -0.15) is 4.37 Å². The molecule has 3 rings (SSSR count). The molecule has 2 aromatic rings. The zero-order chi connectivity index (χ0) is 24.7. The number of likely N-dealkylation sites (tertiary alicyclic amines) is 1. The summed E-state index contributed by atoms with van der Waals surface area (Å²) < 4.78 is 60.5. The first-order valence-electron chi connectivity index (χ1n) is 10.5. The minimum atomic E-state index is -0.939. The first kappa shape index (κ1) is 25.6. The van der Waals surface area contributed by atoms with Crippen LogP contribution in [0.3, 0.4) is 0 Å². The van der Waals surface area contributed by atoms with Gasteiger partial charge >= 0.3 is 12.0 Å². The van der Waals surface area contributed by atoms with Crippen LogP contribution < -0.4 is 20.1 Å². The summed E-state index contributed by atoms with van der Waals surface area (Å²) in [6, 6.07) is 1.58. The molecule has 1 aromatic heterocycles. The standard InChI is InChI=1S/C21H25F3N4O5S/c1-31-15-5-4-14(23)13(17(15)24)11-33-18-16(20(29)32-2)19(34-27-18)26-21(30)25-7-3-8-28-9-6-12(22)10-28/h4-5,12H,3,6-11H2,1-2H3,(H2,25,26,30)/t12-/m0/s1. The van der Waals surface area contributed by atoms with E-state index in [-0.39, 0.29) is 22.2 Å². The van der Waals surface area contributed by atoms with Crippen LogP contribution in [0, 0.1) is 11.6 Å². The van der Waals surface area contributed by atoms with Gasteiger partial charge in [0, 0.05) is 19.6 Å². The highest BCUT2D eigenvalue weighted by atomic mass is 32.1. The Bertz CT molecular complexity index is 1020. The number of carbonyl (C=O) groups excluding carboxylic acids is 2. The molecule has 1 aliphatic heterocycles. The summed E-state index contributed by atoms with van der Waals surface area (Å²) in [6.07, 6.45) is 0.350. The third kappa shape index (κ3) is 6.29. The van der Waals surface area contributed by atoms with Gasteiger partial charge in [-0.3, -0.25) is 5.32 Å². The van der Waals surface area contributed by atoms with Crippen LogP contribution in [-0.4, -0.2) is 67.8 Å². The van der Waals surface area contributed by atoms with E-state index in [2.05, 4.69) is 15.0 Å². The lowest BCUT2D eigenvalue weighted by Gasteiger charge is -2.14. The molecular formula is C21H25F3N4O5S. The van der Waals surface area contributed by atoms with E-state index in [9.17, 15) is 22.8 Å². The number of ether oxygens (including phenoxy) is 3. The molecule has 2 heterocycles. The molecule has 0 aliphatic carbocycles. The van der Waals surface area contributed by atoms with E-state index in [1.165, 1.54) is 7.11 Å². The second kappa shape index (κ2) is 11.9. The molecular weight excluding hydrogens is 477 g/mol. The van der Waals surface area contributed by atoms with Gasteiger partial charge in [-0.15, -0.1) is 0 Å². The highest BCUT2D eigenvalue weighted by Gasteiger charge is 2.26. The normalized spacial score (nSPS) is 15.7. The van der Waals surface area contributed by atoms with Crippen molar-refractivity contribution in [2.24, 2.45) is 0 Å². The molecule has 186 valence electrons. The van der Waals surface area contributed by atoms with Crippen LogP contribution in [0.2, 0.25) is 0 Å². The summed E-state index contributed by atoms with van der Waals surface area (Å²) in [6.45, 7) is 1.52. The van der Waals surface area contributed by atoms with E-state index in [1.807, 2.05) is 4.90 Å². The number of alkyl halides is 1. The number of rotatable bonds is 10. The average Bonchev–Trinajstić information content (AvgIpc) is 3.41. The summed E-state index contributed by atoms with van der Waals surface area (Å²) in [5.74, 6) is -3.06. The number of nitrogens with one attached hydrogen (secondary N) is 2. The van der Waals surface area contributed by atoms with Crippen molar-refractivity contribution in [1.82, 2.24) is 14.6 Å². The summed E-state index contributed by atoms with van der Waals surface area (Å²) >= 11 is 0.749. The van der Waals surface area contributed by atoms with Gasteiger partial charge < -0.3 is 24.4 Å². The van der Waals surface area contributed by atoms with Crippen LogP contribution in [0.1, 0.15) is 28.8 Å². The molecule has 0 bridgehead atoms. The van der Waals surface area contributed by atoms with E-state index < -0.39 is 42.0 Å². The largest absolute Gasteiger partial charge is 0.494 e. The molecule has 1 atom stereocenters. The number of methoxy groups -OCH3 is 2. The Hall–Kier alpha value is -3.06. The van der Waals surface area contributed by atoms with Crippen LogP contribution in [-0.2, 0) is 11.3 Å². The molecule has 2 N–H and O–H groups in total. The molecule has 13 heteroatoms. The summed E-state index contributed by atoms with van der Waals surface area (Å²) in [4.78, 5) is 26.5. The van der Waals surface area contributed by atoms with Crippen LogP contribution >= 0.6 is 11.5 Å². The minimum absolute atomic E-state index is 0.0470. The number of anilines is 1. The number of halogens is 3. The molecule has 0 unspecified atom stereocenters. The Morgan fingerprint density at radius 2 is 2.09 bits per heavy atom. The van der Waals surface area contributed by atoms with Gasteiger partial charge in [0.1, 0.15) is 23.6 Å². The predicted molar refractivity (Wildman–Crippen MR) is 118 cm³/mol. The fourth-order valence-electron chi connectivity index (χ4n) is 3.39. The van der Waals surface area contributed by atoms with E-state index >= 15 is 0 Å². The number of aromatic nitrogens is 1. The van der Waals surface area contributed by atoms with E-state index in [0.29, 0.717) is 39.0 Å². The quantitative estimate of drug-likeness (QED) is 0.380. The predicted octanol–water partition coefficient (Wildman–Crippen LogP) is 3.35. The summed E-state index contributed by atoms with van der Waals surface area (Å²) in [5, 5.41) is 5.20. The molecule has 1 fully saturated rings. The summed E-state index contributed by atoms with van der Waals surface area (Å²) in [5.41, 5.74) is -0.593. The molecule has 0 saturated carbocycles. The monoisotopic (exact) mass is 502 g/mol. The van der Waals surface area contributed by atoms with Crippen molar-refractivity contribution in [3.8, 4) is 11.6 Å². The first-order chi connectivity index (χ1) is 16.3. The van der Waals surface area contributed by atoms with Gasteiger partial charge in [0.15, 0.2) is 17.1 Å². The molecule has 1 aromatic carbocycles. The van der Waals surface area contributed by atoms with Gasteiger partial charge in [-0.25, -0.2) is 22.8 Å². The van der Waals surface area contributed by atoms with Crippen molar-refractivity contribution in [3.63, 3.8) is 0 Å². The Morgan fingerprint density at radius 1 is 1.29 bits per heavy atom. The van der Waals surface area contributed by atoms with Crippen molar-refractivity contribution < 1.29 is 37.0 Å². The van der Waals surface area contributed by atoms with Crippen LogP contribution in [0.5, 0.6) is 11.6 Å². The Labute approximate surface area is 198 Å². The van der Waals surface area contributed by atoms with Gasteiger partial charge in [0.25, 0.3) is 0 Å². The van der Waals surface area contributed by atoms with Crippen molar-refractivity contribution in [2.45, 2.75) is 25.6 Å². The van der Waals surface area contributed by atoms with Crippen molar-refractivity contribution >= 4 is 28.5 Å². The lowest BCUT2D eigenvalue weighted by Crippen LogP contribution is -2.32. The first-order valence-corrected chi connectivity index (χ1v) is 11.2. The van der Waals surface area contributed by atoms with Gasteiger partial charge in [0.2, 0.25) is 5.88 Å². The maximum absolute atomic E-state index is 14.4. The minimum Gasteiger partial charge on any atom is -0.494 e. The van der Waals surface area contributed by atoms with Crippen molar-refractivity contribution in [2.75, 3.05) is 45.7 Å². The van der Waals surface area contributed by atoms with Gasteiger partial charge in [-0.05, 0) is 43.1 Å². The topological polar surface area (TPSA) is 102 Å². The SMILES string of the molecule is COC(=O)c1c(OCc2c(F)ccc(OC)c2F)nsc1NC(=O)NCCCN1CC[C@H](F)C1. The second-order valence-corrected chi connectivity index (χ2v) is 8.21. The average molecular weight is 503 g/mol. The third-order valence-corrected chi connectivity index (χ3v) is 5.90. The van der Waals surface area contributed by atoms with Crippen LogP contribution in [0.4, 0.5) is 23.0 Å². The number of carbonyl (C=O) groups is 2. The molecule has 1 aliphatic rings. The molecule has 0 spiro atoms. The molecule has 1 saturated heterocycles. The number of hydrogen-bond donors (Lipinski definition) is 2. The zero-order valence-electron chi connectivity index (χ0n) is 18.7. The number of hydrogen-bond acceptors (Lipinski definition) is 8. The van der Waals surface area contributed by atoms with Gasteiger partial charge in [-0.1, -0.05) is 0 Å². The fourth-order valence-corrected chi connectivity index (χ4v) is 4.11. The smallest absolute Gasteiger partial charge is 0.346 e. The number of amides is 2. The van der Waals surface area contributed by atoms with E-state index in [4.69, 9.17) is 14.2 Å². The number of nitrogens with zero attached hydrogens (tertiary/aromatic N) is 2. The maximum atomic E-state index is 14.4. The molecule has 34 heavy (non-hydrogen) atoms. The van der Waals surface area contributed by atoms with E-state index in [0.717, 1.165) is 30.8 Å². The lowest BCUT2D eigenvalue weighted by atomic mass is 10.2. The summed E-state index contributed by atoms with van der Waals surface area (Å²) in [7, 11) is 2.38. The Morgan fingerprint density at radius 3 is 2.76 bits per heavy atom.